The number of carbonyl (C=O) groups is 1. The van der Waals surface area contributed by atoms with Crippen molar-refractivity contribution in [1.29, 1.82) is 0 Å². The zero-order valence-electron chi connectivity index (χ0n) is 12.4. The average molecular weight is 291 g/mol. The summed E-state index contributed by atoms with van der Waals surface area (Å²) in [5, 5.41) is 20.0. The summed E-state index contributed by atoms with van der Waals surface area (Å²) in [5.41, 5.74) is 0.769. The minimum absolute atomic E-state index is 0.0668. The summed E-state index contributed by atoms with van der Waals surface area (Å²) in [6.45, 7) is 4.23. The molecule has 2 aliphatic heterocycles. The van der Waals surface area contributed by atoms with Crippen LogP contribution in [-0.2, 0) is 11.4 Å². The van der Waals surface area contributed by atoms with Crippen LogP contribution in [0.2, 0.25) is 0 Å². The highest BCUT2D eigenvalue weighted by molar-refractivity contribution is 5.79. The highest BCUT2D eigenvalue weighted by Gasteiger charge is 2.47. The van der Waals surface area contributed by atoms with E-state index in [4.69, 9.17) is 4.74 Å². The third-order valence-corrected chi connectivity index (χ3v) is 4.41. The quantitative estimate of drug-likeness (QED) is 0.863. The lowest BCUT2D eigenvalue weighted by Gasteiger charge is -2.45. The first kappa shape index (κ1) is 14.4. The Labute approximate surface area is 124 Å². The fourth-order valence-corrected chi connectivity index (χ4v) is 3.22. The zero-order valence-corrected chi connectivity index (χ0v) is 12.4. The molecule has 0 aliphatic carbocycles. The molecule has 3 rings (SSSR count). The SMILES string of the molecule is CC1(C)Oc2ccc(CO)cc2[C@H](N2CCCC2=O)[C@H]1O. The number of nitrogens with zero attached hydrogens (tertiary/aromatic N) is 1. The lowest BCUT2D eigenvalue weighted by molar-refractivity contribution is -0.139. The molecule has 5 nitrogen and oxygen atoms in total. The predicted molar refractivity (Wildman–Crippen MR) is 76.8 cm³/mol. The Bertz CT molecular complexity index is 569. The number of aliphatic hydroxyl groups is 2. The molecule has 2 N–H and O–H groups in total. The van der Waals surface area contributed by atoms with Crippen molar-refractivity contribution in [2.24, 2.45) is 0 Å². The smallest absolute Gasteiger partial charge is 0.223 e. The number of amides is 1. The van der Waals surface area contributed by atoms with E-state index in [1.165, 1.54) is 0 Å². The number of aliphatic hydroxyl groups excluding tert-OH is 2. The summed E-state index contributed by atoms with van der Waals surface area (Å²) in [6.07, 6.45) is 0.540. The Morgan fingerprint density at radius 3 is 2.81 bits per heavy atom. The monoisotopic (exact) mass is 291 g/mol. The van der Waals surface area contributed by atoms with Gasteiger partial charge in [-0.1, -0.05) is 6.07 Å². The molecule has 0 aromatic heterocycles. The number of hydrogen-bond acceptors (Lipinski definition) is 4. The molecule has 0 saturated carbocycles. The molecule has 114 valence electrons. The van der Waals surface area contributed by atoms with Crippen LogP contribution in [0.1, 0.15) is 43.9 Å². The number of rotatable bonds is 2. The van der Waals surface area contributed by atoms with Gasteiger partial charge in [-0.25, -0.2) is 0 Å². The summed E-state index contributed by atoms with van der Waals surface area (Å²) in [5.74, 6) is 0.740. The second-order valence-corrected chi connectivity index (χ2v) is 6.32. The summed E-state index contributed by atoms with van der Waals surface area (Å²) in [6, 6.07) is 5.02. The van der Waals surface area contributed by atoms with Crippen LogP contribution in [0.25, 0.3) is 0 Å². The normalized spacial score (nSPS) is 27.4. The Morgan fingerprint density at radius 2 is 2.19 bits per heavy atom. The fourth-order valence-electron chi connectivity index (χ4n) is 3.22. The molecule has 1 amide bonds. The molecule has 1 aromatic rings. The molecular weight excluding hydrogens is 270 g/mol. The van der Waals surface area contributed by atoms with Crippen LogP contribution in [0.3, 0.4) is 0 Å². The minimum Gasteiger partial charge on any atom is -0.485 e. The molecule has 1 fully saturated rings. The summed E-state index contributed by atoms with van der Waals surface area (Å²) in [4.78, 5) is 13.9. The van der Waals surface area contributed by atoms with Crippen LogP contribution in [0.4, 0.5) is 0 Å². The van der Waals surface area contributed by atoms with Crippen molar-refractivity contribution in [3.05, 3.63) is 29.3 Å². The van der Waals surface area contributed by atoms with Crippen LogP contribution >= 0.6 is 0 Å². The topological polar surface area (TPSA) is 70.0 Å². The molecular formula is C16H21NO4. The van der Waals surface area contributed by atoms with E-state index in [0.29, 0.717) is 18.7 Å². The van der Waals surface area contributed by atoms with Crippen LogP contribution in [-0.4, -0.2) is 39.3 Å². The Morgan fingerprint density at radius 1 is 1.43 bits per heavy atom. The van der Waals surface area contributed by atoms with Crippen molar-refractivity contribution in [3.8, 4) is 5.75 Å². The first-order valence-electron chi connectivity index (χ1n) is 7.34. The highest BCUT2D eigenvalue weighted by atomic mass is 16.5. The van der Waals surface area contributed by atoms with E-state index in [1.54, 1.807) is 11.0 Å². The maximum atomic E-state index is 12.1. The first-order chi connectivity index (χ1) is 9.94. The number of hydrogen-bond donors (Lipinski definition) is 2. The van der Waals surface area contributed by atoms with Gasteiger partial charge in [-0.05, 0) is 38.0 Å². The summed E-state index contributed by atoms with van der Waals surface area (Å²) in [7, 11) is 0. The number of fused-ring (bicyclic) bond motifs is 1. The van der Waals surface area contributed by atoms with E-state index >= 15 is 0 Å². The van der Waals surface area contributed by atoms with Gasteiger partial charge < -0.3 is 19.8 Å². The van der Waals surface area contributed by atoms with Crippen LogP contribution in [0, 0.1) is 0 Å². The van der Waals surface area contributed by atoms with Gasteiger partial charge in [0.2, 0.25) is 5.91 Å². The van der Waals surface area contributed by atoms with Gasteiger partial charge in [-0.2, -0.15) is 0 Å². The largest absolute Gasteiger partial charge is 0.485 e. The molecule has 21 heavy (non-hydrogen) atoms. The standard InChI is InChI=1S/C16H21NO4/c1-16(2)15(20)14(17-7-3-4-13(17)19)11-8-10(9-18)5-6-12(11)21-16/h5-6,8,14-15,18,20H,3-4,7,9H2,1-2H3/t14-,15+/m0/s1. The van der Waals surface area contributed by atoms with Gasteiger partial charge in [0, 0.05) is 18.5 Å². The van der Waals surface area contributed by atoms with Crippen molar-refractivity contribution in [1.82, 2.24) is 4.90 Å². The van der Waals surface area contributed by atoms with E-state index in [1.807, 2.05) is 26.0 Å². The summed E-state index contributed by atoms with van der Waals surface area (Å²) < 4.78 is 5.89. The Balaban J connectivity index is 2.10. The van der Waals surface area contributed by atoms with Crippen LogP contribution in [0.5, 0.6) is 5.75 Å². The van der Waals surface area contributed by atoms with Gasteiger partial charge in [0.1, 0.15) is 17.5 Å². The van der Waals surface area contributed by atoms with Crippen molar-refractivity contribution in [2.75, 3.05) is 6.54 Å². The maximum absolute atomic E-state index is 12.1. The molecule has 2 heterocycles. The van der Waals surface area contributed by atoms with Crippen molar-refractivity contribution in [3.63, 3.8) is 0 Å². The number of benzene rings is 1. The molecule has 0 bridgehead atoms. The van der Waals surface area contributed by atoms with E-state index < -0.39 is 17.7 Å². The predicted octanol–water partition coefficient (Wildman–Crippen LogP) is 1.37. The average Bonchev–Trinajstić information content (AvgIpc) is 2.86. The van der Waals surface area contributed by atoms with Crippen LogP contribution < -0.4 is 4.74 Å². The lowest BCUT2D eigenvalue weighted by atomic mass is 9.85. The minimum atomic E-state index is -0.805. The number of likely N-dealkylation sites (tertiary alicyclic amines) is 1. The van der Waals surface area contributed by atoms with E-state index in [2.05, 4.69) is 0 Å². The number of carbonyl (C=O) groups excluding carboxylic acids is 1. The molecule has 1 aromatic carbocycles. The molecule has 0 radical (unpaired) electrons. The third kappa shape index (κ3) is 2.30. The number of ether oxygens (including phenoxy) is 1. The van der Waals surface area contributed by atoms with Crippen molar-refractivity contribution >= 4 is 5.91 Å². The molecule has 0 unspecified atom stereocenters. The van der Waals surface area contributed by atoms with E-state index in [0.717, 1.165) is 17.5 Å². The van der Waals surface area contributed by atoms with Crippen molar-refractivity contribution in [2.45, 2.75) is 51.0 Å². The van der Waals surface area contributed by atoms with Gasteiger partial charge >= 0.3 is 0 Å². The van der Waals surface area contributed by atoms with E-state index in [9.17, 15) is 15.0 Å². The van der Waals surface area contributed by atoms with Gasteiger partial charge in [0.25, 0.3) is 0 Å². The molecule has 2 atom stereocenters. The van der Waals surface area contributed by atoms with Crippen LogP contribution in [0.15, 0.2) is 18.2 Å². The second kappa shape index (κ2) is 5.00. The molecule has 5 heteroatoms. The van der Waals surface area contributed by atoms with E-state index in [-0.39, 0.29) is 12.5 Å². The summed E-state index contributed by atoms with van der Waals surface area (Å²) >= 11 is 0. The Kier molecular flexibility index (Phi) is 3.42. The Hall–Kier alpha value is -1.59. The van der Waals surface area contributed by atoms with Crippen molar-refractivity contribution < 1.29 is 19.7 Å². The fraction of sp³-hybridized carbons (Fsp3) is 0.562. The maximum Gasteiger partial charge on any atom is 0.223 e. The first-order valence-corrected chi connectivity index (χ1v) is 7.34. The lowest BCUT2D eigenvalue weighted by Crippen LogP contribution is -2.53. The van der Waals surface area contributed by atoms with Gasteiger partial charge in [0.15, 0.2) is 0 Å². The second-order valence-electron chi connectivity index (χ2n) is 6.32. The molecule has 1 saturated heterocycles. The van der Waals surface area contributed by atoms with Gasteiger partial charge in [0.05, 0.1) is 12.6 Å². The highest BCUT2D eigenvalue weighted by Crippen LogP contribution is 2.44. The zero-order chi connectivity index (χ0) is 15.2. The van der Waals surface area contributed by atoms with Gasteiger partial charge in [-0.15, -0.1) is 0 Å². The van der Waals surface area contributed by atoms with Gasteiger partial charge in [-0.3, -0.25) is 4.79 Å². The third-order valence-electron chi connectivity index (χ3n) is 4.41. The molecule has 0 spiro atoms. The molecule has 2 aliphatic rings.